The first-order valence-corrected chi connectivity index (χ1v) is 11.6. The van der Waals surface area contributed by atoms with Crippen LogP contribution in [0.15, 0.2) is 70.5 Å². The van der Waals surface area contributed by atoms with E-state index in [-0.39, 0.29) is 12.5 Å². The van der Waals surface area contributed by atoms with Gasteiger partial charge < -0.3 is 19.2 Å². The van der Waals surface area contributed by atoms with Gasteiger partial charge in [0.25, 0.3) is 5.91 Å². The summed E-state index contributed by atoms with van der Waals surface area (Å²) in [6.07, 6.45) is 0. The molecule has 8 nitrogen and oxygen atoms in total. The fourth-order valence-corrected chi connectivity index (χ4v) is 4.22. The van der Waals surface area contributed by atoms with Crippen molar-refractivity contribution in [2.75, 3.05) is 18.5 Å². The number of hydrogen-bond acceptors (Lipinski definition) is 7. The Morgan fingerprint density at radius 3 is 2.62 bits per heavy atom. The van der Waals surface area contributed by atoms with Gasteiger partial charge in [-0.1, -0.05) is 18.2 Å². The molecule has 0 aliphatic carbocycles. The van der Waals surface area contributed by atoms with Crippen molar-refractivity contribution in [1.29, 1.82) is 0 Å². The van der Waals surface area contributed by atoms with Crippen molar-refractivity contribution < 1.29 is 18.7 Å². The second-order valence-electron chi connectivity index (χ2n) is 7.49. The minimum atomic E-state index is -0.302. The number of aromatic nitrogens is 3. The van der Waals surface area contributed by atoms with Gasteiger partial charge in [0.2, 0.25) is 5.13 Å². The van der Waals surface area contributed by atoms with Crippen molar-refractivity contribution >= 4 is 34.0 Å². The number of nitrogens with zero attached hydrogens (tertiary/aromatic N) is 3. The van der Waals surface area contributed by atoms with Crippen molar-refractivity contribution in [3.63, 3.8) is 0 Å². The maximum atomic E-state index is 12.5. The lowest BCUT2D eigenvalue weighted by atomic mass is 10.2. The van der Waals surface area contributed by atoms with Crippen molar-refractivity contribution in [1.82, 2.24) is 14.8 Å². The van der Waals surface area contributed by atoms with E-state index in [2.05, 4.69) is 15.4 Å². The smallest absolute Gasteiger partial charge is 0.263 e. The molecule has 5 rings (SSSR count). The zero-order valence-corrected chi connectivity index (χ0v) is 19.5. The number of thiazole rings is 1. The fourth-order valence-electron chi connectivity index (χ4n) is 3.44. The van der Waals surface area contributed by atoms with E-state index in [4.69, 9.17) is 13.9 Å². The van der Waals surface area contributed by atoms with E-state index in [1.807, 2.05) is 49.6 Å². The van der Waals surface area contributed by atoms with Crippen LogP contribution in [0.4, 0.5) is 5.82 Å². The molecule has 2 aromatic carbocycles. The topological polar surface area (TPSA) is 91.4 Å². The van der Waals surface area contributed by atoms with Gasteiger partial charge in [0.05, 0.1) is 12.3 Å². The third kappa shape index (κ3) is 4.65. The Labute approximate surface area is 199 Å². The Bertz CT molecular complexity index is 1400. The van der Waals surface area contributed by atoms with Gasteiger partial charge in [-0.2, -0.15) is 9.78 Å². The normalized spacial score (nSPS) is 11.0. The number of aryl methyl sites for hydroxylation is 1. The first-order valence-electron chi connectivity index (χ1n) is 10.8. The van der Waals surface area contributed by atoms with E-state index < -0.39 is 0 Å². The van der Waals surface area contributed by atoms with E-state index in [1.54, 1.807) is 35.0 Å². The highest BCUT2D eigenvalue weighted by Crippen LogP contribution is 2.30. The summed E-state index contributed by atoms with van der Waals surface area (Å²) >= 11 is 1.41. The molecule has 1 N–H and O–H groups in total. The highest BCUT2D eigenvalue weighted by molar-refractivity contribution is 7.12. The molecule has 5 aromatic rings. The zero-order valence-electron chi connectivity index (χ0n) is 18.6. The molecule has 0 aliphatic heterocycles. The number of para-hydroxylation sites is 1. The molecule has 3 aromatic heterocycles. The molecule has 34 heavy (non-hydrogen) atoms. The highest BCUT2D eigenvalue weighted by Gasteiger charge is 2.16. The Morgan fingerprint density at radius 2 is 1.85 bits per heavy atom. The van der Waals surface area contributed by atoms with Crippen LogP contribution in [-0.2, 0) is 4.79 Å². The Balaban J connectivity index is 1.28. The average Bonchev–Trinajstić information content (AvgIpc) is 3.56. The summed E-state index contributed by atoms with van der Waals surface area (Å²) < 4.78 is 18.5. The second-order valence-corrected chi connectivity index (χ2v) is 8.32. The van der Waals surface area contributed by atoms with Gasteiger partial charge in [0, 0.05) is 16.8 Å². The molecule has 3 heterocycles. The predicted octanol–water partition coefficient (Wildman–Crippen LogP) is 5.47. The van der Waals surface area contributed by atoms with Crippen molar-refractivity contribution in [2.45, 2.75) is 13.8 Å². The van der Waals surface area contributed by atoms with Crippen LogP contribution in [0.3, 0.4) is 0 Å². The van der Waals surface area contributed by atoms with Crippen molar-refractivity contribution in [3.05, 3.63) is 71.7 Å². The lowest BCUT2D eigenvalue weighted by Gasteiger charge is -2.09. The molecule has 172 valence electrons. The first-order chi connectivity index (χ1) is 16.6. The Morgan fingerprint density at radius 1 is 1.09 bits per heavy atom. The molecule has 0 aliphatic rings. The van der Waals surface area contributed by atoms with Crippen LogP contribution in [0.1, 0.15) is 12.6 Å². The summed E-state index contributed by atoms with van der Waals surface area (Å²) in [7, 11) is 0. The van der Waals surface area contributed by atoms with Crippen LogP contribution >= 0.6 is 11.3 Å². The summed E-state index contributed by atoms with van der Waals surface area (Å²) in [4.78, 5) is 17.2. The number of rotatable bonds is 8. The van der Waals surface area contributed by atoms with Crippen molar-refractivity contribution in [3.8, 4) is 28.1 Å². The molecule has 0 bridgehead atoms. The number of anilines is 1. The first kappa shape index (κ1) is 21.7. The van der Waals surface area contributed by atoms with Crippen LogP contribution in [-0.4, -0.2) is 33.9 Å². The molecule has 0 saturated heterocycles. The maximum Gasteiger partial charge on any atom is 0.263 e. The van der Waals surface area contributed by atoms with Gasteiger partial charge in [-0.15, -0.1) is 11.3 Å². The standard InChI is InChI=1S/C25H22N4O4S/c1-3-31-18-8-10-19(11-9-18)32-14-24(30)27-23-12-16(2)28-29(23)25-26-20(15-34-25)22-13-17-6-4-5-7-21(17)33-22/h4-13,15H,3,14H2,1-2H3,(H,27,30). The molecular formula is C25H22N4O4S. The third-order valence-corrected chi connectivity index (χ3v) is 5.77. The SMILES string of the molecule is CCOc1ccc(OCC(=O)Nc2cc(C)nn2-c2nc(-c3cc4ccccc4o3)cs2)cc1. The van der Waals surface area contributed by atoms with Gasteiger partial charge in [-0.05, 0) is 50.2 Å². The van der Waals surface area contributed by atoms with Crippen LogP contribution in [0.5, 0.6) is 11.5 Å². The Hall–Kier alpha value is -4.11. The van der Waals surface area contributed by atoms with Gasteiger partial charge in [-0.3, -0.25) is 4.79 Å². The van der Waals surface area contributed by atoms with Crippen LogP contribution in [0.2, 0.25) is 0 Å². The van der Waals surface area contributed by atoms with Gasteiger partial charge in [0.1, 0.15) is 28.6 Å². The number of fused-ring (bicyclic) bond motifs is 1. The lowest BCUT2D eigenvalue weighted by molar-refractivity contribution is -0.118. The minimum absolute atomic E-state index is 0.139. The molecule has 0 atom stereocenters. The van der Waals surface area contributed by atoms with E-state index in [1.165, 1.54) is 11.3 Å². The number of carbonyl (C=O) groups is 1. The summed E-state index contributed by atoms with van der Waals surface area (Å²) in [6.45, 7) is 4.23. The molecule has 0 fully saturated rings. The Kier molecular flexibility index (Phi) is 6.01. The monoisotopic (exact) mass is 474 g/mol. The largest absolute Gasteiger partial charge is 0.494 e. The molecule has 0 spiro atoms. The van der Waals surface area contributed by atoms with Gasteiger partial charge in [-0.25, -0.2) is 4.98 Å². The molecule has 9 heteroatoms. The van der Waals surface area contributed by atoms with Crippen LogP contribution in [0, 0.1) is 6.92 Å². The number of benzene rings is 2. The molecule has 0 saturated carbocycles. The number of ether oxygens (including phenoxy) is 2. The number of hydrogen-bond donors (Lipinski definition) is 1. The van der Waals surface area contributed by atoms with Crippen LogP contribution < -0.4 is 14.8 Å². The quantitative estimate of drug-likeness (QED) is 0.321. The maximum absolute atomic E-state index is 12.5. The number of nitrogens with one attached hydrogen (secondary N) is 1. The minimum Gasteiger partial charge on any atom is -0.494 e. The molecule has 1 amide bonds. The van der Waals surface area contributed by atoms with E-state index >= 15 is 0 Å². The summed E-state index contributed by atoms with van der Waals surface area (Å²) in [5.74, 6) is 2.23. The van der Waals surface area contributed by atoms with Crippen molar-refractivity contribution in [2.24, 2.45) is 0 Å². The molecule has 0 unspecified atom stereocenters. The summed E-state index contributed by atoms with van der Waals surface area (Å²) in [6, 6.07) is 18.7. The fraction of sp³-hybridized carbons (Fsp3) is 0.160. The van der Waals surface area contributed by atoms with E-state index in [9.17, 15) is 4.79 Å². The summed E-state index contributed by atoms with van der Waals surface area (Å²) in [5, 5.41) is 10.9. The van der Waals surface area contributed by atoms with E-state index in [0.29, 0.717) is 34.8 Å². The van der Waals surface area contributed by atoms with Gasteiger partial charge >= 0.3 is 0 Å². The summed E-state index contributed by atoms with van der Waals surface area (Å²) in [5.41, 5.74) is 2.27. The van der Waals surface area contributed by atoms with E-state index in [0.717, 1.165) is 22.4 Å². The zero-order chi connectivity index (χ0) is 23.5. The molecule has 0 radical (unpaired) electrons. The second kappa shape index (κ2) is 9.40. The molecular weight excluding hydrogens is 452 g/mol. The number of carbonyl (C=O) groups excluding carboxylic acids is 1. The number of amides is 1. The van der Waals surface area contributed by atoms with Crippen LogP contribution in [0.25, 0.3) is 27.6 Å². The number of furan rings is 1. The lowest BCUT2D eigenvalue weighted by Crippen LogP contribution is -2.21. The van der Waals surface area contributed by atoms with Gasteiger partial charge in [0.15, 0.2) is 12.4 Å². The average molecular weight is 475 g/mol. The highest BCUT2D eigenvalue weighted by atomic mass is 32.1. The predicted molar refractivity (Wildman–Crippen MR) is 131 cm³/mol. The third-order valence-electron chi connectivity index (χ3n) is 4.95.